The zero-order valence-corrected chi connectivity index (χ0v) is 16.9. The smallest absolute Gasteiger partial charge is 0.231 e. The highest BCUT2D eigenvalue weighted by atomic mass is 19.1. The summed E-state index contributed by atoms with van der Waals surface area (Å²) in [5.74, 6) is 1.78. The molecule has 2 aliphatic heterocycles. The third-order valence-corrected chi connectivity index (χ3v) is 8.89. The first-order valence-corrected chi connectivity index (χ1v) is 11.4. The number of anilines is 1. The van der Waals surface area contributed by atoms with Crippen LogP contribution in [0.15, 0.2) is 18.3 Å². The van der Waals surface area contributed by atoms with Gasteiger partial charge in [-0.25, -0.2) is 9.37 Å². The van der Waals surface area contributed by atoms with Gasteiger partial charge in [-0.2, -0.15) is 0 Å². The van der Waals surface area contributed by atoms with Crippen LogP contribution in [-0.4, -0.2) is 52.2 Å². The third kappa shape index (κ3) is 2.54. The Bertz CT molecular complexity index is 831. The van der Waals surface area contributed by atoms with Crippen molar-refractivity contribution in [3.05, 3.63) is 24.1 Å². The average Bonchev–Trinajstić information content (AvgIpc) is 3.02. The van der Waals surface area contributed by atoms with Crippen LogP contribution in [0, 0.1) is 29.0 Å². The summed E-state index contributed by atoms with van der Waals surface area (Å²) in [5.41, 5.74) is -0.432. The number of halogens is 1. The lowest BCUT2D eigenvalue weighted by atomic mass is 9.51. The number of carbonyl (C=O) groups is 1. The van der Waals surface area contributed by atoms with E-state index in [0.717, 1.165) is 64.5 Å². The Balaban J connectivity index is 1.27. The van der Waals surface area contributed by atoms with E-state index in [1.165, 1.54) is 6.07 Å². The van der Waals surface area contributed by atoms with Gasteiger partial charge in [-0.05, 0) is 81.3 Å². The summed E-state index contributed by atoms with van der Waals surface area (Å²) < 4.78 is 14.3. The molecule has 1 aromatic heterocycles. The summed E-state index contributed by atoms with van der Waals surface area (Å²) in [6.07, 6.45) is 9.46. The van der Waals surface area contributed by atoms with Gasteiger partial charge in [-0.15, -0.1) is 0 Å². The van der Waals surface area contributed by atoms with Gasteiger partial charge in [-0.1, -0.05) is 0 Å². The Morgan fingerprint density at radius 1 is 1.14 bits per heavy atom. The van der Waals surface area contributed by atoms with Crippen molar-refractivity contribution in [2.24, 2.45) is 23.2 Å². The number of rotatable bonds is 2. The quantitative estimate of drug-likeness (QED) is 0.831. The molecule has 1 spiro atoms. The molecule has 3 unspecified atom stereocenters. The van der Waals surface area contributed by atoms with Crippen LogP contribution in [0.5, 0.6) is 0 Å². The van der Waals surface area contributed by atoms with Crippen LogP contribution in [0.2, 0.25) is 0 Å². The monoisotopic (exact) mass is 399 g/mol. The van der Waals surface area contributed by atoms with Crippen molar-refractivity contribution < 1.29 is 14.3 Å². The minimum atomic E-state index is -0.399. The fourth-order valence-corrected chi connectivity index (χ4v) is 7.86. The van der Waals surface area contributed by atoms with Crippen molar-refractivity contribution in [3.8, 4) is 0 Å². The summed E-state index contributed by atoms with van der Waals surface area (Å²) in [5, 5.41) is 10.6. The van der Waals surface area contributed by atoms with Gasteiger partial charge in [0.2, 0.25) is 5.91 Å². The lowest BCUT2D eigenvalue weighted by Crippen LogP contribution is -2.65. The van der Waals surface area contributed by atoms with Crippen LogP contribution < -0.4 is 4.90 Å². The zero-order chi connectivity index (χ0) is 19.8. The van der Waals surface area contributed by atoms with Gasteiger partial charge >= 0.3 is 0 Å². The second kappa shape index (κ2) is 6.16. The first-order chi connectivity index (χ1) is 14.0. The molecule has 4 saturated carbocycles. The van der Waals surface area contributed by atoms with E-state index >= 15 is 0 Å². The molecule has 1 N–H and O–H groups in total. The highest BCUT2D eigenvalue weighted by molar-refractivity contribution is 5.86. The lowest BCUT2D eigenvalue weighted by Gasteiger charge is -2.61. The summed E-state index contributed by atoms with van der Waals surface area (Å²) in [4.78, 5) is 22.3. The second-order valence-electron chi connectivity index (χ2n) is 10.5. The van der Waals surface area contributed by atoms with Crippen molar-refractivity contribution in [3.63, 3.8) is 0 Å². The molecule has 5 nitrogen and oxygen atoms in total. The van der Waals surface area contributed by atoms with E-state index in [0.29, 0.717) is 30.1 Å². The summed E-state index contributed by atoms with van der Waals surface area (Å²) in [6.45, 7) is 2.15. The molecule has 3 heterocycles. The Labute approximate surface area is 171 Å². The minimum Gasteiger partial charge on any atom is -0.393 e. The molecule has 4 aliphatic carbocycles. The molecule has 0 radical (unpaired) electrons. The van der Waals surface area contributed by atoms with Crippen LogP contribution in [0.4, 0.5) is 10.2 Å². The van der Waals surface area contributed by atoms with E-state index in [1.807, 2.05) is 4.90 Å². The van der Waals surface area contributed by atoms with Crippen LogP contribution in [-0.2, 0) is 4.79 Å². The maximum absolute atomic E-state index is 14.3. The Morgan fingerprint density at radius 3 is 2.69 bits per heavy atom. The molecule has 3 atom stereocenters. The first kappa shape index (κ1) is 18.1. The van der Waals surface area contributed by atoms with E-state index < -0.39 is 5.41 Å². The van der Waals surface area contributed by atoms with Gasteiger partial charge in [0.15, 0.2) is 11.6 Å². The third-order valence-electron chi connectivity index (χ3n) is 8.89. The van der Waals surface area contributed by atoms with Gasteiger partial charge in [0, 0.05) is 31.4 Å². The number of likely N-dealkylation sites (tertiary alicyclic amines) is 1. The van der Waals surface area contributed by atoms with E-state index in [9.17, 15) is 14.3 Å². The average molecular weight is 400 g/mol. The molecule has 1 amide bonds. The predicted molar refractivity (Wildman–Crippen MR) is 107 cm³/mol. The fraction of sp³-hybridized carbons (Fsp3) is 0.739. The van der Waals surface area contributed by atoms with Crippen LogP contribution in [0.1, 0.15) is 51.4 Å². The van der Waals surface area contributed by atoms with Crippen LogP contribution in [0.3, 0.4) is 0 Å². The molecular formula is C23H30FN3O2. The van der Waals surface area contributed by atoms with E-state index in [2.05, 4.69) is 9.88 Å². The largest absolute Gasteiger partial charge is 0.393 e. The number of aliphatic hydroxyl groups is 1. The second-order valence-corrected chi connectivity index (χ2v) is 10.5. The van der Waals surface area contributed by atoms with Gasteiger partial charge in [0.1, 0.15) is 0 Å². The summed E-state index contributed by atoms with van der Waals surface area (Å²) >= 11 is 0. The Morgan fingerprint density at radius 2 is 1.93 bits per heavy atom. The molecular weight excluding hydrogens is 369 g/mol. The number of hydrogen-bond acceptors (Lipinski definition) is 4. The van der Waals surface area contributed by atoms with Crippen molar-refractivity contribution in [1.29, 1.82) is 0 Å². The SMILES string of the molecule is O=C1N(C23CC4CC(C2)C(O)C(C4)C3)CCC12CCCN(c1ncccc1F)C2. The topological polar surface area (TPSA) is 56.7 Å². The summed E-state index contributed by atoms with van der Waals surface area (Å²) in [7, 11) is 0. The first-order valence-electron chi connectivity index (χ1n) is 11.4. The minimum absolute atomic E-state index is 0.0329. The highest BCUT2D eigenvalue weighted by Gasteiger charge is 2.62. The maximum Gasteiger partial charge on any atom is 0.231 e. The molecule has 29 heavy (non-hydrogen) atoms. The molecule has 6 fully saturated rings. The standard InChI is InChI=1S/C23H30FN3O2/c24-18-3-1-6-25-20(18)26-7-2-4-22(14-26)5-8-27(21(22)29)23-11-15-9-16(12-23)19(28)17(10-15)13-23/h1,3,6,15-17,19,28H,2,4-5,7-14H2. The molecule has 4 bridgehead atoms. The van der Waals surface area contributed by atoms with Crippen molar-refractivity contribution in [2.75, 3.05) is 24.5 Å². The Kier molecular flexibility index (Phi) is 3.85. The number of amides is 1. The van der Waals surface area contributed by atoms with Crippen LogP contribution in [0.25, 0.3) is 0 Å². The molecule has 156 valence electrons. The molecule has 6 aliphatic rings. The van der Waals surface area contributed by atoms with Gasteiger partial charge in [0.05, 0.1) is 11.5 Å². The number of aliphatic hydroxyl groups excluding tert-OH is 1. The van der Waals surface area contributed by atoms with E-state index in [-0.39, 0.29) is 23.4 Å². The maximum atomic E-state index is 14.3. The number of pyridine rings is 1. The van der Waals surface area contributed by atoms with Gasteiger partial charge in [-0.3, -0.25) is 4.79 Å². The van der Waals surface area contributed by atoms with Crippen molar-refractivity contribution >= 4 is 11.7 Å². The van der Waals surface area contributed by atoms with E-state index in [4.69, 9.17) is 0 Å². The summed E-state index contributed by atoms with van der Waals surface area (Å²) in [6, 6.07) is 3.07. The number of aromatic nitrogens is 1. The molecule has 0 aromatic carbocycles. The highest BCUT2D eigenvalue weighted by Crippen LogP contribution is 2.59. The normalized spacial score (nSPS) is 43.6. The zero-order valence-electron chi connectivity index (χ0n) is 16.9. The lowest BCUT2D eigenvalue weighted by molar-refractivity contribution is -0.167. The number of piperidine rings is 1. The van der Waals surface area contributed by atoms with Crippen molar-refractivity contribution in [1.82, 2.24) is 9.88 Å². The van der Waals surface area contributed by atoms with Crippen LogP contribution >= 0.6 is 0 Å². The fourth-order valence-electron chi connectivity index (χ4n) is 7.86. The van der Waals surface area contributed by atoms with Gasteiger partial charge in [0.25, 0.3) is 0 Å². The van der Waals surface area contributed by atoms with E-state index in [1.54, 1.807) is 12.3 Å². The molecule has 1 aromatic rings. The Hall–Kier alpha value is -1.69. The van der Waals surface area contributed by atoms with Crippen molar-refractivity contribution in [2.45, 2.75) is 63.0 Å². The predicted octanol–water partition coefficient (Wildman–Crippen LogP) is 2.98. The van der Waals surface area contributed by atoms with Gasteiger partial charge < -0.3 is 14.9 Å². The number of carbonyl (C=O) groups excluding carboxylic acids is 1. The molecule has 6 heteroatoms. The number of nitrogens with zero attached hydrogens (tertiary/aromatic N) is 3. The molecule has 7 rings (SSSR count). The number of hydrogen-bond donors (Lipinski definition) is 1. The molecule has 2 saturated heterocycles.